The van der Waals surface area contributed by atoms with Gasteiger partial charge >= 0.3 is 0 Å². The lowest BCUT2D eigenvalue weighted by molar-refractivity contribution is 0.102. The third-order valence-electron chi connectivity index (χ3n) is 2.28. The largest absolute Gasteiger partial charge is 0.375 e. The molecule has 1 N–H and O–H groups in total. The van der Waals surface area contributed by atoms with E-state index in [1.54, 1.807) is 5.57 Å². The topological polar surface area (TPSA) is 21.3 Å². The lowest BCUT2D eigenvalue weighted by Crippen LogP contribution is -2.13. The first-order valence-corrected chi connectivity index (χ1v) is 5.29. The lowest BCUT2D eigenvalue weighted by Gasteiger charge is -2.06. The molecule has 0 amide bonds. The van der Waals surface area contributed by atoms with E-state index in [0.29, 0.717) is 6.10 Å². The van der Waals surface area contributed by atoms with Crippen molar-refractivity contribution in [2.24, 2.45) is 0 Å². The van der Waals surface area contributed by atoms with Crippen LogP contribution in [-0.2, 0) is 4.74 Å². The van der Waals surface area contributed by atoms with E-state index in [2.05, 4.69) is 25.2 Å². The van der Waals surface area contributed by atoms with Gasteiger partial charge in [0.05, 0.1) is 12.7 Å². The Hall–Kier alpha value is -0.340. The summed E-state index contributed by atoms with van der Waals surface area (Å²) >= 11 is 0. The van der Waals surface area contributed by atoms with Crippen LogP contribution in [-0.4, -0.2) is 25.8 Å². The zero-order valence-corrected chi connectivity index (χ0v) is 8.81. The Balaban J connectivity index is 2.22. The van der Waals surface area contributed by atoms with Crippen LogP contribution < -0.4 is 5.32 Å². The molecule has 2 nitrogen and oxygen atoms in total. The molecule has 1 heterocycles. The van der Waals surface area contributed by atoms with Gasteiger partial charge in [-0.3, -0.25) is 0 Å². The van der Waals surface area contributed by atoms with Crippen molar-refractivity contribution >= 4 is 0 Å². The first-order valence-electron chi connectivity index (χ1n) is 5.29. The first-order chi connectivity index (χ1) is 6.29. The number of rotatable bonds is 3. The van der Waals surface area contributed by atoms with E-state index in [9.17, 15) is 0 Å². The smallest absolute Gasteiger partial charge is 0.0653 e. The molecule has 1 aliphatic heterocycles. The summed E-state index contributed by atoms with van der Waals surface area (Å²) in [6.45, 7) is 7.24. The van der Waals surface area contributed by atoms with E-state index in [1.165, 1.54) is 25.8 Å². The number of hydrogen-bond donors (Lipinski definition) is 1. The van der Waals surface area contributed by atoms with E-state index in [0.717, 1.165) is 13.2 Å². The van der Waals surface area contributed by atoms with Crippen molar-refractivity contribution in [2.45, 2.75) is 39.2 Å². The Bertz CT molecular complexity index is 153. The second-order valence-electron chi connectivity index (χ2n) is 3.85. The van der Waals surface area contributed by atoms with Crippen LogP contribution in [0.25, 0.3) is 0 Å². The molecule has 1 rings (SSSR count). The second kappa shape index (κ2) is 6.17. The van der Waals surface area contributed by atoms with Crippen molar-refractivity contribution in [3.63, 3.8) is 0 Å². The number of nitrogens with one attached hydrogen (secondary N) is 1. The molecule has 0 saturated carbocycles. The molecule has 1 aliphatic rings. The van der Waals surface area contributed by atoms with Gasteiger partial charge in [-0.15, -0.1) is 0 Å². The van der Waals surface area contributed by atoms with Gasteiger partial charge < -0.3 is 10.1 Å². The van der Waals surface area contributed by atoms with Crippen molar-refractivity contribution in [1.82, 2.24) is 5.32 Å². The summed E-state index contributed by atoms with van der Waals surface area (Å²) in [6, 6.07) is 0. The minimum absolute atomic E-state index is 0.348. The van der Waals surface area contributed by atoms with Crippen LogP contribution in [0.15, 0.2) is 11.6 Å². The Labute approximate surface area is 81.4 Å². The van der Waals surface area contributed by atoms with Crippen LogP contribution in [0.3, 0.4) is 0 Å². The third-order valence-corrected chi connectivity index (χ3v) is 2.28. The van der Waals surface area contributed by atoms with E-state index in [-0.39, 0.29) is 0 Å². The molecule has 0 spiro atoms. The van der Waals surface area contributed by atoms with Crippen LogP contribution in [0.5, 0.6) is 0 Å². The highest BCUT2D eigenvalue weighted by atomic mass is 16.5. The molecule has 0 aromatic heterocycles. The maximum Gasteiger partial charge on any atom is 0.0653 e. The average Bonchev–Trinajstić information content (AvgIpc) is 2.32. The van der Waals surface area contributed by atoms with E-state index in [1.807, 2.05) is 0 Å². The highest BCUT2D eigenvalue weighted by molar-refractivity contribution is 5.03. The Kier molecular flexibility index (Phi) is 5.09. The molecule has 1 fully saturated rings. The van der Waals surface area contributed by atoms with Crippen LogP contribution in [0.4, 0.5) is 0 Å². The molecule has 0 aliphatic carbocycles. The minimum Gasteiger partial charge on any atom is -0.375 e. The Morgan fingerprint density at radius 3 is 3.00 bits per heavy atom. The van der Waals surface area contributed by atoms with Gasteiger partial charge in [0.15, 0.2) is 0 Å². The van der Waals surface area contributed by atoms with Gasteiger partial charge in [0.2, 0.25) is 0 Å². The van der Waals surface area contributed by atoms with Gasteiger partial charge in [-0.25, -0.2) is 0 Å². The molecule has 2 heteroatoms. The SMILES string of the molecule is CC(C)OC/C=C1\CCCNCC1. The molecule has 0 aromatic carbocycles. The quantitative estimate of drug-likeness (QED) is 0.677. The second-order valence-corrected chi connectivity index (χ2v) is 3.85. The third kappa shape index (κ3) is 5.06. The van der Waals surface area contributed by atoms with Gasteiger partial charge in [-0.2, -0.15) is 0 Å². The zero-order chi connectivity index (χ0) is 9.52. The monoisotopic (exact) mass is 183 g/mol. The van der Waals surface area contributed by atoms with Crippen molar-refractivity contribution in [3.8, 4) is 0 Å². The fraction of sp³-hybridized carbons (Fsp3) is 0.818. The molecular weight excluding hydrogens is 162 g/mol. The molecular formula is C11H21NO. The van der Waals surface area contributed by atoms with Gasteiger partial charge in [0, 0.05) is 0 Å². The molecule has 1 saturated heterocycles. The maximum atomic E-state index is 5.49. The Morgan fingerprint density at radius 2 is 2.23 bits per heavy atom. The summed E-state index contributed by atoms with van der Waals surface area (Å²) in [5.74, 6) is 0. The summed E-state index contributed by atoms with van der Waals surface area (Å²) in [7, 11) is 0. The van der Waals surface area contributed by atoms with Crippen LogP contribution in [0.2, 0.25) is 0 Å². The first kappa shape index (κ1) is 10.7. The average molecular weight is 183 g/mol. The highest BCUT2D eigenvalue weighted by Gasteiger charge is 2.02. The van der Waals surface area contributed by atoms with Gasteiger partial charge in [-0.1, -0.05) is 11.6 Å². The predicted octanol–water partition coefficient (Wildman–Crippen LogP) is 2.11. The van der Waals surface area contributed by atoms with Crippen molar-refractivity contribution < 1.29 is 4.74 Å². The van der Waals surface area contributed by atoms with E-state index < -0.39 is 0 Å². The molecule has 0 atom stereocenters. The zero-order valence-electron chi connectivity index (χ0n) is 8.81. The van der Waals surface area contributed by atoms with E-state index >= 15 is 0 Å². The fourth-order valence-electron chi connectivity index (χ4n) is 1.50. The normalized spacial score (nSPS) is 22.2. The standard InChI is InChI=1S/C11H21NO/c1-10(2)13-9-6-11-4-3-7-12-8-5-11/h6,10,12H,3-5,7-9H2,1-2H3/b11-6+. The molecule has 0 bridgehead atoms. The molecule has 76 valence electrons. The molecule has 0 aromatic rings. The van der Waals surface area contributed by atoms with Crippen LogP contribution in [0, 0.1) is 0 Å². The van der Waals surface area contributed by atoms with Crippen molar-refractivity contribution in [2.75, 3.05) is 19.7 Å². The van der Waals surface area contributed by atoms with Crippen LogP contribution in [0.1, 0.15) is 33.1 Å². The summed E-state index contributed by atoms with van der Waals surface area (Å²) in [4.78, 5) is 0. The molecule has 13 heavy (non-hydrogen) atoms. The van der Waals surface area contributed by atoms with E-state index in [4.69, 9.17) is 4.74 Å². The minimum atomic E-state index is 0.348. The Morgan fingerprint density at radius 1 is 1.38 bits per heavy atom. The summed E-state index contributed by atoms with van der Waals surface area (Å²) in [6.07, 6.45) is 6.32. The maximum absolute atomic E-state index is 5.49. The lowest BCUT2D eigenvalue weighted by atomic mass is 10.1. The summed E-state index contributed by atoms with van der Waals surface area (Å²) in [5.41, 5.74) is 1.56. The van der Waals surface area contributed by atoms with Crippen molar-refractivity contribution in [1.29, 1.82) is 0 Å². The number of hydrogen-bond acceptors (Lipinski definition) is 2. The van der Waals surface area contributed by atoms with Crippen LogP contribution >= 0.6 is 0 Å². The van der Waals surface area contributed by atoms with Crippen molar-refractivity contribution in [3.05, 3.63) is 11.6 Å². The van der Waals surface area contributed by atoms with Gasteiger partial charge in [0.1, 0.15) is 0 Å². The summed E-state index contributed by atoms with van der Waals surface area (Å²) in [5, 5.41) is 3.39. The highest BCUT2D eigenvalue weighted by Crippen LogP contribution is 2.11. The molecule has 0 radical (unpaired) electrons. The molecule has 0 unspecified atom stereocenters. The van der Waals surface area contributed by atoms with Gasteiger partial charge in [0.25, 0.3) is 0 Å². The fourth-order valence-corrected chi connectivity index (χ4v) is 1.50. The number of ether oxygens (including phenoxy) is 1. The summed E-state index contributed by atoms with van der Waals surface area (Å²) < 4.78 is 5.49. The van der Waals surface area contributed by atoms with Gasteiger partial charge in [-0.05, 0) is 46.2 Å². The predicted molar refractivity (Wildman–Crippen MR) is 55.9 cm³/mol.